The van der Waals surface area contributed by atoms with Crippen molar-refractivity contribution in [2.45, 2.75) is 26.3 Å². The number of benzene rings is 2. The molecule has 0 aromatic heterocycles. The number of nitrogens with one attached hydrogen (secondary N) is 1. The average molecular weight is 303 g/mol. The molecule has 22 heavy (non-hydrogen) atoms. The summed E-state index contributed by atoms with van der Waals surface area (Å²) in [5.74, 6) is 1.26. The molecule has 0 unspecified atom stereocenters. The van der Waals surface area contributed by atoms with E-state index in [2.05, 4.69) is 12.2 Å². The number of hydrogen-bond acceptors (Lipinski definition) is 3. The van der Waals surface area contributed by atoms with Gasteiger partial charge in [0, 0.05) is 12.2 Å². The molecule has 0 heterocycles. The minimum absolute atomic E-state index is 0.235. The predicted molar refractivity (Wildman–Crippen MR) is 87.1 cm³/mol. The Bertz CT molecular complexity index is 584. The first-order chi connectivity index (χ1) is 10.7. The predicted octanol–water partition coefficient (Wildman–Crippen LogP) is 4.63. The number of hydrogen-bond donors (Lipinski definition) is 1. The van der Waals surface area contributed by atoms with Gasteiger partial charge in [-0.1, -0.05) is 19.4 Å². The molecule has 0 saturated carbocycles. The van der Waals surface area contributed by atoms with E-state index < -0.39 is 0 Å². The second-order valence-corrected chi connectivity index (χ2v) is 5.05. The van der Waals surface area contributed by atoms with E-state index in [1.807, 2.05) is 18.2 Å². The van der Waals surface area contributed by atoms with E-state index in [4.69, 9.17) is 9.47 Å². The third-order valence-corrected chi connectivity index (χ3v) is 3.32. The average Bonchev–Trinajstić information content (AvgIpc) is 2.55. The quantitative estimate of drug-likeness (QED) is 0.721. The van der Waals surface area contributed by atoms with Crippen molar-refractivity contribution in [2.24, 2.45) is 0 Å². The molecule has 0 aliphatic heterocycles. The minimum Gasteiger partial charge on any atom is -0.493 e. The van der Waals surface area contributed by atoms with E-state index >= 15 is 0 Å². The Labute approximate surface area is 131 Å². The molecule has 2 aromatic carbocycles. The number of anilines is 1. The smallest absolute Gasteiger partial charge is 0.161 e. The van der Waals surface area contributed by atoms with Crippen LogP contribution in [0.25, 0.3) is 0 Å². The maximum Gasteiger partial charge on any atom is 0.161 e. The fraction of sp³-hybridized carbons (Fsp3) is 0.333. The zero-order chi connectivity index (χ0) is 15.8. The van der Waals surface area contributed by atoms with Crippen molar-refractivity contribution >= 4 is 5.69 Å². The standard InChI is InChI=1S/C18H22FNO2/c1-3-4-11-22-17-10-5-14(12-18(17)21-2)13-20-16-8-6-15(19)7-9-16/h5-10,12,20H,3-4,11,13H2,1-2H3. The lowest BCUT2D eigenvalue weighted by molar-refractivity contribution is 0.288. The highest BCUT2D eigenvalue weighted by Gasteiger charge is 2.06. The van der Waals surface area contributed by atoms with Gasteiger partial charge in [-0.3, -0.25) is 0 Å². The molecule has 0 radical (unpaired) electrons. The van der Waals surface area contributed by atoms with E-state index in [1.54, 1.807) is 19.2 Å². The number of halogens is 1. The number of ether oxygens (including phenoxy) is 2. The molecule has 4 heteroatoms. The zero-order valence-corrected chi connectivity index (χ0v) is 13.1. The molecule has 2 aromatic rings. The first-order valence-electron chi connectivity index (χ1n) is 7.52. The molecule has 0 saturated heterocycles. The maximum atomic E-state index is 12.9. The van der Waals surface area contributed by atoms with E-state index in [0.29, 0.717) is 13.2 Å². The highest BCUT2D eigenvalue weighted by atomic mass is 19.1. The Morgan fingerprint density at radius 2 is 1.82 bits per heavy atom. The van der Waals surface area contributed by atoms with Crippen molar-refractivity contribution in [1.29, 1.82) is 0 Å². The van der Waals surface area contributed by atoms with Gasteiger partial charge in [0.2, 0.25) is 0 Å². The summed E-state index contributed by atoms with van der Waals surface area (Å²) in [5.41, 5.74) is 1.95. The van der Waals surface area contributed by atoms with Crippen LogP contribution in [-0.4, -0.2) is 13.7 Å². The summed E-state index contributed by atoms with van der Waals surface area (Å²) in [6.07, 6.45) is 2.12. The summed E-state index contributed by atoms with van der Waals surface area (Å²) in [6.45, 7) is 3.46. The summed E-state index contributed by atoms with van der Waals surface area (Å²) in [4.78, 5) is 0. The van der Waals surface area contributed by atoms with Crippen molar-refractivity contribution in [3.8, 4) is 11.5 Å². The van der Waals surface area contributed by atoms with Gasteiger partial charge in [0.1, 0.15) is 5.82 Å². The second kappa shape index (κ2) is 8.27. The van der Waals surface area contributed by atoms with Gasteiger partial charge in [-0.15, -0.1) is 0 Å². The molecular weight excluding hydrogens is 281 g/mol. The first-order valence-corrected chi connectivity index (χ1v) is 7.52. The van der Waals surface area contributed by atoms with Gasteiger partial charge in [-0.25, -0.2) is 4.39 Å². The third kappa shape index (κ3) is 4.65. The normalized spacial score (nSPS) is 10.3. The van der Waals surface area contributed by atoms with Crippen molar-refractivity contribution in [2.75, 3.05) is 19.0 Å². The molecular formula is C18H22FNO2. The van der Waals surface area contributed by atoms with Gasteiger partial charge < -0.3 is 14.8 Å². The summed E-state index contributed by atoms with van der Waals surface area (Å²) in [7, 11) is 1.64. The Balaban J connectivity index is 1.97. The Kier molecular flexibility index (Phi) is 6.07. The van der Waals surface area contributed by atoms with E-state index in [9.17, 15) is 4.39 Å². The van der Waals surface area contributed by atoms with E-state index in [1.165, 1.54) is 12.1 Å². The molecule has 0 bridgehead atoms. The van der Waals surface area contributed by atoms with Crippen LogP contribution in [0.4, 0.5) is 10.1 Å². The van der Waals surface area contributed by atoms with E-state index in [0.717, 1.165) is 35.6 Å². The van der Waals surface area contributed by atoms with Crippen LogP contribution in [0, 0.1) is 5.82 Å². The Morgan fingerprint density at radius 3 is 2.50 bits per heavy atom. The monoisotopic (exact) mass is 303 g/mol. The summed E-state index contributed by atoms with van der Waals surface area (Å²) >= 11 is 0. The topological polar surface area (TPSA) is 30.5 Å². The van der Waals surface area contributed by atoms with E-state index in [-0.39, 0.29) is 5.82 Å². The highest BCUT2D eigenvalue weighted by Crippen LogP contribution is 2.28. The minimum atomic E-state index is -0.235. The van der Waals surface area contributed by atoms with Crippen LogP contribution < -0.4 is 14.8 Å². The van der Waals surface area contributed by atoms with Crippen molar-refractivity contribution < 1.29 is 13.9 Å². The van der Waals surface area contributed by atoms with Crippen molar-refractivity contribution in [3.05, 3.63) is 53.8 Å². The lowest BCUT2D eigenvalue weighted by Crippen LogP contribution is -2.02. The van der Waals surface area contributed by atoms with Crippen LogP contribution >= 0.6 is 0 Å². The van der Waals surface area contributed by atoms with Crippen molar-refractivity contribution in [3.63, 3.8) is 0 Å². The molecule has 0 fully saturated rings. The Hall–Kier alpha value is -2.23. The maximum absolute atomic E-state index is 12.9. The molecule has 0 atom stereocenters. The van der Waals surface area contributed by atoms with Crippen molar-refractivity contribution in [1.82, 2.24) is 0 Å². The van der Waals surface area contributed by atoms with Crippen LogP contribution in [0.15, 0.2) is 42.5 Å². The summed E-state index contributed by atoms with van der Waals surface area (Å²) in [5, 5.41) is 3.25. The van der Waals surface area contributed by atoms with Crippen LogP contribution in [0.2, 0.25) is 0 Å². The lowest BCUT2D eigenvalue weighted by Gasteiger charge is -2.13. The fourth-order valence-electron chi connectivity index (χ4n) is 2.04. The Morgan fingerprint density at radius 1 is 1.05 bits per heavy atom. The lowest BCUT2D eigenvalue weighted by atomic mass is 10.2. The summed E-state index contributed by atoms with van der Waals surface area (Å²) < 4.78 is 24.0. The third-order valence-electron chi connectivity index (χ3n) is 3.32. The van der Waals surface area contributed by atoms with Gasteiger partial charge in [0.15, 0.2) is 11.5 Å². The van der Waals surface area contributed by atoms with Gasteiger partial charge in [-0.2, -0.15) is 0 Å². The van der Waals surface area contributed by atoms with Gasteiger partial charge in [0.05, 0.1) is 13.7 Å². The zero-order valence-electron chi connectivity index (χ0n) is 13.1. The molecule has 1 N–H and O–H groups in total. The van der Waals surface area contributed by atoms with Crippen LogP contribution in [0.5, 0.6) is 11.5 Å². The number of rotatable bonds is 8. The molecule has 2 rings (SSSR count). The first kappa shape index (κ1) is 16.1. The van der Waals surface area contributed by atoms with Crippen LogP contribution in [0.3, 0.4) is 0 Å². The highest BCUT2D eigenvalue weighted by molar-refractivity contribution is 5.46. The fourth-order valence-corrected chi connectivity index (χ4v) is 2.04. The molecule has 0 amide bonds. The number of unbranched alkanes of at least 4 members (excludes halogenated alkanes) is 1. The molecule has 0 aliphatic rings. The SMILES string of the molecule is CCCCOc1ccc(CNc2ccc(F)cc2)cc1OC. The molecule has 0 aliphatic carbocycles. The summed E-state index contributed by atoms with van der Waals surface area (Å²) in [6, 6.07) is 12.2. The van der Waals surface area contributed by atoms with Crippen LogP contribution in [0.1, 0.15) is 25.3 Å². The van der Waals surface area contributed by atoms with Crippen LogP contribution in [-0.2, 0) is 6.54 Å². The second-order valence-electron chi connectivity index (χ2n) is 5.05. The van der Waals surface area contributed by atoms with Gasteiger partial charge in [-0.05, 0) is 48.4 Å². The molecule has 3 nitrogen and oxygen atoms in total. The molecule has 118 valence electrons. The molecule has 0 spiro atoms. The largest absolute Gasteiger partial charge is 0.493 e. The van der Waals surface area contributed by atoms with Gasteiger partial charge in [0.25, 0.3) is 0 Å². The number of methoxy groups -OCH3 is 1. The van der Waals surface area contributed by atoms with Gasteiger partial charge >= 0.3 is 0 Å².